The molecule has 0 unspecified atom stereocenters. The minimum absolute atomic E-state index is 0.392. The smallest absolute Gasteiger partial charge is 0.235 e. The van der Waals surface area contributed by atoms with Gasteiger partial charge in [-0.2, -0.15) is 4.99 Å². The average Bonchev–Trinajstić information content (AvgIpc) is 2.97. The summed E-state index contributed by atoms with van der Waals surface area (Å²) in [5.74, 6) is 0. The van der Waals surface area contributed by atoms with Crippen LogP contribution in [0.3, 0.4) is 0 Å². The standard InChI is InChI=1S/C13H13N3O/c17-9-16-13(6-1-2-7-13)10-4-3-5-11-12(10)15-8-14-11/h3-5,8H,1-2,6-7H2,(H,14,15). The van der Waals surface area contributed by atoms with Crippen molar-refractivity contribution in [2.75, 3.05) is 0 Å². The highest BCUT2D eigenvalue weighted by Crippen LogP contribution is 2.43. The van der Waals surface area contributed by atoms with Crippen LogP contribution in [0, 0.1) is 0 Å². The van der Waals surface area contributed by atoms with E-state index in [1.807, 2.05) is 18.2 Å². The third-order valence-corrected chi connectivity index (χ3v) is 3.64. The second-order valence-electron chi connectivity index (χ2n) is 4.55. The van der Waals surface area contributed by atoms with Gasteiger partial charge in [0, 0.05) is 5.56 Å². The number of rotatable bonds is 2. The monoisotopic (exact) mass is 227 g/mol. The number of isocyanates is 1. The zero-order chi connectivity index (χ0) is 11.7. The van der Waals surface area contributed by atoms with Crippen LogP contribution in [0.2, 0.25) is 0 Å². The number of H-pyrrole nitrogens is 1. The van der Waals surface area contributed by atoms with Crippen molar-refractivity contribution in [3.8, 4) is 0 Å². The number of nitrogens with one attached hydrogen (secondary N) is 1. The molecule has 1 aromatic heterocycles. The Hall–Kier alpha value is -1.93. The highest BCUT2D eigenvalue weighted by molar-refractivity contribution is 5.79. The predicted octanol–water partition coefficient (Wildman–Crippen LogP) is 2.67. The van der Waals surface area contributed by atoms with E-state index < -0.39 is 5.54 Å². The first-order chi connectivity index (χ1) is 8.36. The van der Waals surface area contributed by atoms with Crippen LogP contribution in [0.25, 0.3) is 11.0 Å². The molecule has 86 valence electrons. The number of benzene rings is 1. The molecule has 1 N–H and O–H groups in total. The Balaban J connectivity index is 2.25. The van der Waals surface area contributed by atoms with E-state index in [0.717, 1.165) is 42.3 Å². The van der Waals surface area contributed by atoms with E-state index in [2.05, 4.69) is 15.0 Å². The number of fused-ring (bicyclic) bond motifs is 1. The number of imidazole rings is 1. The van der Waals surface area contributed by atoms with E-state index in [1.54, 1.807) is 12.4 Å². The number of aromatic nitrogens is 2. The van der Waals surface area contributed by atoms with Gasteiger partial charge in [-0.05, 0) is 18.9 Å². The third-order valence-electron chi connectivity index (χ3n) is 3.64. The molecule has 1 heterocycles. The number of nitrogens with zero attached hydrogens (tertiary/aromatic N) is 2. The molecule has 0 atom stereocenters. The number of carbonyl (C=O) groups excluding carboxylic acids is 1. The maximum atomic E-state index is 10.7. The SMILES string of the molecule is O=C=NC1(c2cccc3[nH]cnc23)CCCC1. The molecule has 4 nitrogen and oxygen atoms in total. The van der Waals surface area contributed by atoms with E-state index in [1.165, 1.54) is 0 Å². The highest BCUT2D eigenvalue weighted by Gasteiger charge is 2.37. The lowest BCUT2D eigenvalue weighted by atomic mass is 9.88. The van der Waals surface area contributed by atoms with E-state index in [4.69, 9.17) is 0 Å². The third kappa shape index (κ3) is 1.49. The van der Waals surface area contributed by atoms with Gasteiger partial charge in [-0.3, -0.25) is 0 Å². The van der Waals surface area contributed by atoms with Crippen LogP contribution >= 0.6 is 0 Å². The Kier molecular flexibility index (Phi) is 2.30. The number of hydrogen-bond acceptors (Lipinski definition) is 3. The van der Waals surface area contributed by atoms with E-state index in [-0.39, 0.29) is 0 Å². The van der Waals surface area contributed by atoms with Gasteiger partial charge in [-0.1, -0.05) is 25.0 Å². The van der Waals surface area contributed by atoms with Gasteiger partial charge in [0.25, 0.3) is 0 Å². The van der Waals surface area contributed by atoms with Crippen molar-refractivity contribution in [2.45, 2.75) is 31.2 Å². The van der Waals surface area contributed by atoms with Gasteiger partial charge in [-0.15, -0.1) is 0 Å². The van der Waals surface area contributed by atoms with E-state index >= 15 is 0 Å². The highest BCUT2D eigenvalue weighted by atomic mass is 16.1. The van der Waals surface area contributed by atoms with Gasteiger partial charge in [0.15, 0.2) is 0 Å². The summed E-state index contributed by atoms with van der Waals surface area (Å²) in [6, 6.07) is 5.99. The van der Waals surface area contributed by atoms with Crippen molar-refractivity contribution < 1.29 is 4.79 Å². The van der Waals surface area contributed by atoms with Crippen LogP contribution in [-0.2, 0) is 10.3 Å². The fourth-order valence-corrected chi connectivity index (χ4v) is 2.83. The Labute approximate surface area is 98.8 Å². The quantitative estimate of drug-likeness (QED) is 0.633. The molecule has 0 amide bonds. The first-order valence-electron chi connectivity index (χ1n) is 5.87. The zero-order valence-corrected chi connectivity index (χ0v) is 9.44. The maximum Gasteiger partial charge on any atom is 0.235 e. The van der Waals surface area contributed by atoms with Gasteiger partial charge in [0.05, 0.1) is 17.4 Å². The largest absolute Gasteiger partial charge is 0.345 e. The summed E-state index contributed by atoms with van der Waals surface area (Å²) in [5.41, 5.74) is 2.58. The molecule has 1 aliphatic rings. The lowest BCUT2D eigenvalue weighted by molar-refractivity contribution is 0.459. The van der Waals surface area contributed by atoms with Crippen LogP contribution in [0.4, 0.5) is 0 Å². The van der Waals surface area contributed by atoms with Crippen molar-refractivity contribution in [3.63, 3.8) is 0 Å². The Morgan fingerprint density at radius 1 is 1.35 bits per heavy atom. The summed E-state index contributed by atoms with van der Waals surface area (Å²) in [5, 5.41) is 0. The molecule has 4 heteroatoms. The van der Waals surface area contributed by atoms with Crippen LogP contribution in [0.5, 0.6) is 0 Å². The normalized spacial score (nSPS) is 18.1. The number of aliphatic imine (C=N–C) groups is 1. The van der Waals surface area contributed by atoms with E-state index in [9.17, 15) is 4.79 Å². The molecule has 1 fully saturated rings. The summed E-state index contributed by atoms with van der Waals surface area (Å²) < 4.78 is 0. The van der Waals surface area contributed by atoms with Crippen molar-refractivity contribution in [1.29, 1.82) is 0 Å². The summed E-state index contributed by atoms with van der Waals surface area (Å²) in [7, 11) is 0. The van der Waals surface area contributed by atoms with Gasteiger partial charge in [0.1, 0.15) is 5.54 Å². The van der Waals surface area contributed by atoms with Crippen LogP contribution < -0.4 is 0 Å². The van der Waals surface area contributed by atoms with Crippen LogP contribution in [-0.4, -0.2) is 16.0 Å². The lowest BCUT2D eigenvalue weighted by Gasteiger charge is -2.22. The first kappa shape index (κ1) is 10.2. The van der Waals surface area contributed by atoms with Crippen molar-refractivity contribution in [1.82, 2.24) is 9.97 Å². The molecule has 1 aromatic carbocycles. The number of para-hydroxylation sites is 1. The minimum Gasteiger partial charge on any atom is -0.345 e. The molecule has 1 aliphatic carbocycles. The second kappa shape index (κ2) is 3.82. The fourth-order valence-electron chi connectivity index (χ4n) is 2.83. The molecule has 0 bridgehead atoms. The molecule has 0 saturated heterocycles. The van der Waals surface area contributed by atoms with Crippen molar-refractivity contribution in [3.05, 3.63) is 30.1 Å². The Morgan fingerprint density at radius 3 is 2.94 bits per heavy atom. The van der Waals surface area contributed by atoms with Crippen molar-refractivity contribution in [2.24, 2.45) is 4.99 Å². The van der Waals surface area contributed by atoms with Gasteiger partial charge < -0.3 is 4.98 Å². The van der Waals surface area contributed by atoms with Crippen LogP contribution in [0.15, 0.2) is 29.5 Å². The topological polar surface area (TPSA) is 58.1 Å². The summed E-state index contributed by atoms with van der Waals surface area (Å²) in [6.07, 6.45) is 7.45. The molecule has 0 aliphatic heterocycles. The zero-order valence-electron chi connectivity index (χ0n) is 9.44. The molecule has 3 rings (SSSR count). The summed E-state index contributed by atoms with van der Waals surface area (Å²) in [6.45, 7) is 0. The maximum absolute atomic E-state index is 10.7. The van der Waals surface area contributed by atoms with Gasteiger partial charge in [-0.25, -0.2) is 9.78 Å². The summed E-state index contributed by atoms with van der Waals surface area (Å²) in [4.78, 5) is 22.2. The molecular weight excluding hydrogens is 214 g/mol. The molecular formula is C13H13N3O. The Morgan fingerprint density at radius 2 is 2.18 bits per heavy atom. The van der Waals surface area contributed by atoms with E-state index in [0.29, 0.717) is 0 Å². The van der Waals surface area contributed by atoms with Gasteiger partial charge >= 0.3 is 0 Å². The second-order valence-corrected chi connectivity index (χ2v) is 4.55. The van der Waals surface area contributed by atoms with Gasteiger partial charge in [0.2, 0.25) is 6.08 Å². The number of hydrogen-bond donors (Lipinski definition) is 1. The van der Waals surface area contributed by atoms with Crippen molar-refractivity contribution >= 4 is 17.1 Å². The predicted molar refractivity (Wildman–Crippen MR) is 64.4 cm³/mol. The first-order valence-corrected chi connectivity index (χ1v) is 5.87. The Bertz CT molecular complexity index is 589. The summed E-state index contributed by atoms with van der Waals surface area (Å²) >= 11 is 0. The molecule has 1 saturated carbocycles. The fraction of sp³-hybridized carbons (Fsp3) is 0.385. The molecule has 17 heavy (non-hydrogen) atoms. The molecule has 0 radical (unpaired) electrons. The number of aromatic amines is 1. The minimum atomic E-state index is -0.392. The molecule has 0 spiro atoms. The molecule has 2 aromatic rings. The van der Waals surface area contributed by atoms with Crippen LogP contribution in [0.1, 0.15) is 31.2 Å². The average molecular weight is 227 g/mol. The lowest BCUT2D eigenvalue weighted by Crippen LogP contribution is -2.19.